The smallest absolute Gasteiger partial charge is 0.115 e. The lowest BCUT2D eigenvalue weighted by molar-refractivity contribution is -0.103. The van der Waals surface area contributed by atoms with Crippen LogP contribution in [-0.2, 0) is 6.42 Å². The maximum atomic E-state index is 10.7. The molecule has 0 saturated heterocycles. The number of hydrogen-bond acceptors (Lipinski definition) is 3. The summed E-state index contributed by atoms with van der Waals surface area (Å²) in [6.07, 6.45) is 4.72. The van der Waals surface area contributed by atoms with Crippen LogP contribution in [0, 0.1) is 16.7 Å². The van der Waals surface area contributed by atoms with Crippen LogP contribution >= 0.6 is 0 Å². The minimum absolute atomic E-state index is 0.0321. The van der Waals surface area contributed by atoms with Crippen LogP contribution in [0.2, 0.25) is 0 Å². The highest BCUT2D eigenvalue weighted by Crippen LogP contribution is 2.69. The summed E-state index contributed by atoms with van der Waals surface area (Å²) in [6, 6.07) is 5.84. The zero-order chi connectivity index (χ0) is 16.4. The third-order valence-electron chi connectivity index (χ3n) is 7.78. The van der Waals surface area contributed by atoms with Crippen LogP contribution in [0.3, 0.4) is 0 Å². The lowest BCUT2D eigenvalue weighted by Gasteiger charge is -2.58. The highest BCUT2D eigenvalue weighted by Gasteiger charge is 2.65. The van der Waals surface area contributed by atoms with E-state index in [4.69, 9.17) is 0 Å². The van der Waals surface area contributed by atoms with E-state index in [1.54, 1.807) is 0 Å². The van der Waals surface area contributed by atoms with Crippen LogP contribution in [0.1, 0.15) is 63.0 Å². The molecule has 3 aliphatic rings. The summed E-state index contributed by atoms with van der Waals surface area (Å²) in [5.41, 5.74) is 2.55. The molecule has 0 bridgehead atoms. The normalized spacial score (nSPS) is 45.2. The molecule has 23 heavy (non-hydrogen) atoms. The van der Waals surface area contributed by atoms with Crippen LogP contribution in [0.5, 0.6) is 5.75 Å². The highest BCUT2D eigenvalue weighted by molar-refractivity contribution is 5.40. The van der Waals surface area contributed by atoms with Crippen molar-refractivity contribution < 1.29 is 15.3 Å². The topological polar surface area (TPSA) is 60.7 Å². The van der Waals surface area contributed by atoms with Gasteiger partial charge in [-0.25, -0.2) is 0 Å². The minimum atomic E-state index is -0.593. The van der Waals surface area contributed by atoms with Crippen molar-refractivity contribution >= 4 is 0 Å². The molecule has 4 rings (SSSR count). The molecule has 0 aromatic heterocycles. The number of phenols is 1. The summed E-state index contributed by atoms with van der Waals surface area (Å²) < 4.78 is 0. The van der Waals surface area contributed by atoms with E-state index in [2.05, 4.69) is 19.9 Å². The van der Waals surface area contributed by atoms with E-state index in [1.165, 1.54) is 11.1 Å². The molecule has 3 heteroatoms. The zero-order valence-electron chi connectivity index (χ0n) is 14.1. The SMILES string of the molecule is CC[C@@]12C[C@@H](O)[C@H](O)[C@@]1(C)CCC1c3ccc(O)cc3CCC12. The molecule has 2 fully saturated rings. The van der Waals surface area contributed by atoms with Crippen molar-refractivity contribution in [2.75, 3.05) is 0 Å². The summed E-state index contributed by atoms with van der Waals surface area (Å²) in [5.74, 6) is 1.39. The maximum absolute atomic E-state index is 10.7. The number of aryl methyl sites for hydroxylation is 1. The maximum Gasteiger partial charge on any atom is 0.115 e. The van der Waals surface area contributed by atoms with Gasteiger partial charge in [0.25, 0.3) is 0 Å². The van der Waals surface area contributed by atoms with Crippen LogP contribution in [0.25, 0.3) is 0 Å². The largest absolute Gasteiger partial charge is 0.508 e. The Morgan fingerprint density at radius 2 is 2.00 bits per heavy atom. The molecule has 1 aromatic carbocycles. The van der Waals surface area contributed by atoms with Gasteiger partial charge >= 0.3 is 0 Å². The Kier molecular flexibility index (Phi) is 3.34. The third kappa shape index (κ3) is 1.84. The monoisotopic (exact) mass is 316 g/mol. The first-order chi connectivity index (χ1) is 10.9. The number of phenolic OH excluding ortho intramolecular Hbond substituents is 1. The molecule has 0 aliphatic heterocycles. The van der Waals surface area contributed by atoms with Gasteiger partial charge in [-0.1, -0.05) is 19.9 Å². The second kappa shape index (κ2) is 4.97. The number of aliphatic hydroxyl groups is 2. The summed E-state index contributed by atoms with van der Waals surface area (Å²) in [7, 11) is 0. The fourth-order valence-electron chi connectivity index (χ4n) is 6.59. The van der Waals surface area contributed by atoms with Crippen molar-refractivity contribution in [3.63, 3.8) is 0 Å². The lowest BCUT2D eigenvalue weighted by atomic mass is 9.46. The Bertz CT molecular complexity index is 627. The number of hydrogen-bond donors (Lipinski definition) is 3. The van der Waals surface area contributed by atoms with Gasteiger partial charge in [0, 0.05) is 5.41 Å². The Balaban J connectivity index is 1.80. The first-order valence-corrected chi connectivity index (χ1v) is 9.11. The van der Waals surface area contributed by atoms with Gasteiger partial charge in [0.2, 0.25) is 0 Å². The Labute approximate surface area is 138 Å². The Morgan fingerprint density at radius 3 is 2.74 bits per heavy atom. The van der Waals surface area contributed by atoms with Crippen molar-refractivity contribution in [1.29, 1.82) is 0 Å². The fraction of sp³-hybridized carbons (Fsp3) is 0.700. The summed E-state index contributed by atoms with van der Waals surface area (Å²) in [5, 5.41) is 30.9. The molecular formula is C20H28O3. The molecule has 126 valence electrons. The van der Waals surface area contributed by atoms with Crippen molar-refractivity contribution in [3.8, 4) is 5.75 Å². The highest BCUT2D eigenvalue weighted by atomic mass is 16.3. The lowest BCUT2D eigenvalue weighted by Crippen LogP contribution is -2.52. The molecule has 6 atom stereocenters. The van der Waals surface area contributed by atoms with Crippen LogP contribution in [0.4, 0.5) is 0 Å². The standard InChI is InChI=1S/C20H28O3/c1-3-20-11-17(22)18(23)19(20,2)9-8-15-14-6-5-13(21)10-12(14)4-7-16(15)20/h5-6,10,15-18,21-23H,3-4,7-9,11H2,1-2H3/t15?,16?,17-,18+,19-,20+/m1/s1. The molecule has 3 N–H and O–H groups in total. The van der Waals surface area contributed by atoms with E-state index < -0.39 is 12.2 Å². The van der Waals surface area contributed by atoms with E-state index >= 15 is 0 Å². The second-order valence-electron chi connectivity index (χ2n) is 8.32. The molecule has 0 spiro atoms. The quantitative estimate of drug-likeness (QED) is 0.744. The molecule has 2 saturated carbocycles. The van der Waals surface area contributed by atoms with Crippen LogP contribution in [-0.4, -0.2) is 27.5 Å². The molecule has 0 amide bonds. The van der Waals surface area contributed by atoms with Crippen molar-refractivity contribution in [2.45, 2.75) is 70.5 Å². The minimum Gasteiger partial charge on any atom is -0.508 e. The molecule has 0 radical (unpaired) electrons. The zero-order valence-corrected chi connectivity index (χ0v) is 14.1. The predicted molar refractivity (Wildman–Crippen MR) is 89.4 cm³/mol. The van der Waals surface area contributed by atoms with Gasteiger partial charge in [0.1, 0.15) is 5.75 Å². The third-order valence-corrected chi connectivity index (χ3v) is 7.78. The van der Waals surface area contributed by atoms with Gasteiger partial charge < -0.3 is 15.3 Å². The van der Waals surface area contributed by atoms with Crippen molar-refractivity contribution in [3.05, 3.63) is 29.3 Å². The molecular weight excluding hydrogens is 288 g/mol. The van der Waals surface area contributed by atoms with E-state index in [0.717, 1.165) is 38.5 Å². The van der Waals surface area contributed by atoms with Crippen molar-refractivity contribution in [2.24, 2.45) is 16.7 Å². The second-order valence-corrected chi connectivity index (χ2v) is 8.32. The van der Waals surface area contributed by atoms with Gasteiger partial charge in [-0.05, 0) is 79.0 Å². The average molecular weight is 316 g/mol. The Morgan fingerprint density at radius 1 is 1.22 bits per heavy atom. The number of rotatable bonds is 1. The molecule has 2 unspecified atom stereocenters. The first kappa shape index (κ1) is 15.5. The fourth-order valence-corrected chi connectivity index (χ4v) is 6.59. The summed E-state index contributed by atoms with van der Waals surface area (Å²) >= 11 is 0. The van der Waals surface area contributed by atoms with E-state index in [-0.39, 0.29) is 10.8 Å². The van der Waals surface area contributed by atoms with Gasteiger partial charge in [-0.3, -0.25) is 0 Å². The summed E-state index contributed by atoms with van der Waals surface area (Å²) in [6.45, 7) is 4.44. The number of fused-ring (bicyclic) bond motifs is 5. The number of aromatic hydroxyl groups is 1. The average Bonchev–Trinajstić information content (AvgIpc) is 2.75. The van der Waals surface area contributed by atoms with E-state index in [1.807, 2.05) is 12.1 Å². The Hall–Kier alpha value is -1.06. The molecule has 3 aliphatic carbocycles. The first-order valence-electron chi connectivity index (χ1n) is 9.11. The van der Waals surface area contributed by atoms with Crippen molar-refractivity contribution in [1.82, 2.24) is 0 Å². The number of benzene rings is 1. The van der Waals surface area contributed by atoms with E-state index in [9.17, 15) is 15.3 Å². The van der Waals surface area contributed by atoms with Gasteiger partial charge in [0.15, 0.2) is 0 Å². The van der Waals surface area contributed by atoms with Crippen LogP contribution in [0.15, 0.2) is 18.2 Å². The predicted octanol–water partition coefficient (Wildman–Crippen LogP) is 3.36. The van der Waals surface area contributed by atoms with Gasteiger partial charge in [-0.2, -0.15) is 0 Å². The number of aliphatic hydroxyl groups excluding tert-OH is 2. The molecule has 1 aromatic rings. The molecule has 3 nitrogen and oxygen atoms in total. The molecule has 0 heterocycles. The summed E-state index contributed by atoms with van der Waals surface area (Å²) in [4.78, 5) is 0. The van der Waals surface area contributed by atoms with Crippen LogP contribution < -0.4 is 0 Å². The van der Waals surface area contributed by atoms with E-state index in [0.29, 0.717) is 17.6 Å². The van der Waals surface area contributed by atoms with Gasteiger partial charge in [-0.15, -0.1) is 0 Å². The van der Waals surface area contributed by atoms with Gasteiger partial charge in [0.05, 0.1) is 12.2 Å².